The Balaban J connectivity index is 2.09. The highest BCUT2D eigenvalue weighted by Gasteiger charge is 2.21. The summed E-state index contributed by atoms with van der Waals surface area (Å²) in [5.74, 6) is 0.402. The first-order valence-corrected chi connectivity index (χ1v) is 7.34. The van der Waals surface area contributed by atoms with Crippen molar-refractivity contribution in [3.63, 3.8) is 0 Å². The highest BCUT2D eigenvalue weighted by atomic mass is 16.7. The topological polar surface area (TPSA) is 140 Å². The highest BCUT2D eigenvalue weighted by Crippen LogP contribution is 2.34. The van der Waals surface area contributed by atoms with Crippen LogP contribution in [0.25, 0.3) is 0 Å². The molecule has 0 unspecified atom stereocenters. The number of rotatable bonds is 7. The first kappa shape index (κ1) is 19.4. The van der Waals surface area contributed by atoms with Crippen LogP contribution in [-0.4, -0.2) is 30.2 Å². The molecular formula is C16H14N2O9. The lowest BCUT2D eigenvalue weighted by molar-refractivity contribution is -0.386. The maximum absolute atomic E-state index is 11.8. The zero-order valence-corrected chi connectivity index (χ0v) is 14.2. The van der Waals surface area contributed by atoms with E-state index in [9.17, 15) is 25.0 Å². The van der Waals surface area contributed by atoms with Crippen LogP contribution in [0.2, 0.25) is 0 Å². The van der Waals surface area contributed by atoms with E-state index in [1.807, 2.05) is 0 Å². The zero-order chi connectivity index (χ0) is 20.0. The van der Waals surface area contributed by atoms with Gasteiger partial charge in [0.25, 0.3) is 11.4 Å². The number of benzene rings is 2. The van der Waals surface area contributed by atoms with E-state index in [2.05, 4.69) is 0 Å². The zero-order valence-electron chi connectivity index (χ0n) is 14.2. The molecule has 0 radical (unpaired) electrons. The summed E-state index contributed by atoms with van der Waals surface area (Å²) in [5.41, 5.74) is -0.425. The van der Waals surface area contributed by atoms with Crippen LogP contribution < -0.4 is 14.2 Å². The van der Waals surface area contributed by atoms with E-state index in [0.717, 1.165) is 18.2 Å². The first-order valence-electron chi connectivity index (χ1n) is 7.34. The van der Waals surface area contributed by atoms with Gasteiger partial charge in [-0.25, -0.2) is 4.79 Å². The normalized spacial score (nSPS) is 10.0. The van der Waals surface area contributed by atoms with E-state index in [4.69, 9.17) is 18.9 Å². The molecule has 142 valence electrons. The summed E-state index contributed by atoms with van der Waals surface area (Å²) < 4.78 is 19.8. The molecule has 2 aromatic rings. The third kappa shape index (κ3) is 4.81. The smallest absolute Gasteiger partial charge is 0.493 e. The summed E-state index contributed by atoms with van der Waals surface area (Å²) in [7, 11) is 2.69. The molecule has 0 amide bonds. The van der Waals surface area contributed by atoms with E-state index < -0.39 is 22.6 Å². The van der Waals surface area contributed by atoms with Crippen molar-refractivity contribution < 1.29 is 33.6 Å². The van der Waals surface area contributed by atoms with Crippen molar-refractivity contribution >= 4 is 17.5 Å². The van der Waals surface area contributed by atoms with Crippen LogP contribution in [-0.2, 0) is 11.3 Å². The summed E-state index contributed by atoms with van der Waals surface area (Å²) in [6.07, 6.45) is -1.13. The van der Waals surface area contributed by atoms with Crippen molar-refractivity contribution in [2.75, 3.05) is 14.2 Å². The molecule has 0 saturated heterocycles. The van der Waals surface area contributed by atoms with Gasteiger partial charge in [-0.05, 0) is 18.2 Å². The molecule has 0 bridgehead atoms. The molecule has 0 atom stereocenters. The van der Waals surface area contributed by atoms with Gasteiger partial charge in [-0.2, -0.15) is 0 Å². The quantitative estimate of drug-likeness (QED) is 0.307. The molecule has 11 heteroatoms. The summed E-state index contributed by atoms with van der Waals surface area (Å²) in [6.45, 7) is -0.456. The van der Waals surface area contributed by atoms with Gasteiger partial charge in [-0.15, -0.1) is 0 Å². The van der Waals surface area contributed by atoms with Gasteiger partial charge < -0.3 is 18.9 Å². The number of ether oxygens (including phenoxy) is 4. The Kier molecular flexibility index (Phi) is 6.10. The number of nitro benzene ring substituents is 2. The summed E-state index contributed by atoms with van der Waals surface area (Å²) in [6, 6.07) is 7.22. The summed E-state index contributed by atoms with van der Waals surface area (Å²) >= 11 is 0. The molecule has 0 aliphatic heterocycles. The van der Waals surface area contributed by atoms with Crippen LogP contribution >= 0.6 is 0 Å². The third-order valence-electron chi connectivity index (χ3n) is 3.38. The van der Waals surface area contributed by atoms with E-state index in [-0.39, 0.29) is 34.2 Å². The molecule has 0 N–H and O–H groups in total. The fourth-order valence-corrected chi connectivity index (χ4v) is 2.09. The predicted molar refractivity (Wildman–Crippen MR) is 90.1 cm³/mol. The second kappa shape index (κ2) is 8.47. The van der Waals surface area contributed by atoms with Gasteiger partial charge in [-0.3, -0.25) is 20.2 Å². The second-order valence-corrected chi connectivity index (χ2v) is 4.98. The lowest BCUT2D eigenvalue weighted by Gasteiger charge is -2.11. The van der Waals surface area contributed by atoms with E-state index >= 15 is 0 Å². The van der Waals surface area contributed by atoms with Crippen molar-refractivity contribution in [3.8, 4) is 17.2 Å². The van der Waals surface area contributed by atoms with Crippen LogP contribution in [0.1, 0.15) is 5.56 Å². The first-order chi connectivity index (χ1) is 12.8. The minimum Gasteiger partial charge on any atom is -0.493 e. The molecule has 0 saturated carbocycles. The molecule has 0 aliphatic carbocycles. The maximum Gasteiger partial charge on any atom is 0.514 e. The molecule has 0 spiro atoms. The van der Waals surface area contributed by atoms with Gasteiger partial charge >= 0.3 is 6.16 Å². The monoisotopic (exact) mass is 378 g/mol. The van der Waals surface area contributed by atoms with Crippen LogP contribution in [0.3, 0.4) is 0 Å². The number of non-ortho nitro benzene ring substituents is 1. The van der Waals surface area contributed by atoms with Crippen molar-refractivity contribution in [3.05, 3.63) is 62.2 Å². The number of hydrogen-bond acceptors (Lipinski definition) is 9. The van der Waals surface area contributed by atoms with Crippen LogP contribution in [0.5, 0.6) is 17.2 Å². The molecular weight excluding hydrogens is 364 g/mol. The van der Waals surface area contributed by atoms with Gasteiger partial charge in [-0.1, -0.05) is 0 Å². The lowest BCUT2D eigenvalue weighted by atomic mass is 10.1. The highest BCUT2D eigenvalue weighted by molar-refractivity contribution is 5.64. The number of nitrogens with zero attached hydrogens (tertiary/aromatic N) is 2. The molecule has 2 aromatic carbocycles. The van der Waals surface area contributed by atoms with Gasteiger partial charge in [0.1, 0.15) is 12.4 Å². The lowest BCUT2D eigenvalue weighted by Crippen LogP contribution is -2.11. The average molecular weight is 378 g/mol. The minimum absolute atomic E-state index is 0.0208. The maximum atomic E-state index is 11.8. The Bertz CT molecular complexity index is 865. The van der Waals surface area contributed by atoms with Gasteiger partial charge in [0.15, 0.2) is 11.5 Å². The predicted octanol–water partition coefficient (Wildman–Crippen LogP) is 3.24. The Morgan fingerprint density at radius 3 is 2.07 bits per heavy atom. The van der Waals surface area contributed by atoms with Gasteiger partial charge in [0.05, 0.1) is 35.7 Å². The second-order valence-electron chi connectivity index (χ2n) is 4.98. The number of carbonyl (C=O) groups excluding carboxylic acids is 1. The Hall–Kier alpha value is -3.89. The molecule has 0 aromatic heterocycles. The largest absolute Gasteiger partial charge is 0.514 e. The van der Waals surface area contributed by atoms with Crippen LogP contribution in [0, 0.1) is 20.2 Å². The molecule has 0 fully saturated rings. The van der Waals surface area contributed by atoms with Crippen molar-refractivity contribution in [2.45, 2.75) is 6.61 Å². The standard InChI is InChI=1S/C16H14N2O9/c1-24-14-7-10(13(18(22)23)8-15(14)25-2)9-26-16(19)27-12-5-3-11(4-6-12)17(20)21/h3-8H,9H2,1-2H3. The van der Waals surface area contributed by atoms with Crippen LogP contribution in [0.15, 0.2) is 36.4 Å². The van der Waals surface area contributed by atoms with Gasteiger partial charge in [0, 0.05) is 12.1 Å². The molecule has 2 rings (SSSR count). The van der Waals surface area contributed by atoms with Crippen molar-refractivity contribution in [1.29, 1.82) is 0 Å². The fourth-order valence-electron chi connectivity index (χ4n) is 2.09. The number of carbonyl (C=O) groups is 1. The average Bonchev–Trinajstić information content (AvgIpc) is 2.65. The van der Waals surface area contributed by atoms with Crippen molar-refractivity contribution in [1.82, 2.24) is 0 Å². The Morgan fingerprint density at radius 2 is 1.56 bits per heavy atom. The number of hydrogen-bond donors (Lipinski definition) is 0. The minimum atomic E-state index is -1.13. The third-order valence-corrected chi connectivity index (χ3v) is 3.38. The van der Waals surface area contributed by atoms with Crippen molar-refractivity contribution in [2.24, 2.45) is 0 Å². The van der Waals surface area contributed by atoms with E-state index in [0.29, 0.717) is 0 Å². The molecule has 11 nitrogen and oxygen atoms in total. The summed E-state index contributed by atoms with van der Waals surface area (Å²) in [5, 5.41) is 21.8. The molecule has 27 heavy (non-hydrogen) atoms. The number of nitro groups is 2. The van der Waals surface area contributed by atoms with Gasteiger partial charge in [0.2, 0.25) is 0 Å². The molecule has 0 aliphatic rings. The molecule has 0 heterocycles. The van der Waals surface area contributed by atoms with E-state index in [1.165, 1.54) is 32.4 Å². The SMILES string of the molecule is COc1cc(COC(=O)Oc2ccc([N+](=O)[O-])cc2)c([N+](=O)[O-])cc1OC. The van der Waals surface area contributed by atoms with Crippen LogP contribution in [0.4, 0.5) is 16.2 Å². The summed E-state index contributed by atoms with van der Waals surface area (Å²) in [4.78, 5) is 32.3. The van der Waals surface area contributed by atoms with E-state index in [1.54, 1.807) is 0 Å². The Labute approximate surface area is 152 Å². The fraction of sp³-hybridized carbons (Fsp3) is 0.188. The Morgan fingerprint density at radius 1 is 0.963 bits per heavy atom. The number of methoxy groups -OCH3 is 2.